The van der Waals surface area contributed by atoms with Gasteiger partial charge in [0, 0.05) is 6.61 Å². The van der Waals surface area contributed by atoms with Crippen molar-refractivity contribution < 1.29 is 70.3 Å². The maximum atomic E-state index is 6.91. The van der Waals surface area contributed by atoms with Crippen molar-refractivity contribution in [2.45, 2.75) is 230 Å². The van der Waals surface area contributed by atoms with Crippen LogP contribution in [0.3, 0.4) is 0 Å². The Balaban J connectivity index is 5.74. The van der Waals surface area contributed by atoms with Gasteiger partial charge in [-0.15, -0.1) is 0 Å². The molecule has 0 bridgehead atoms. The summed E-state index contributed by atoms with van der Waals surface area (Å²) in [7, 11) is -44.3. The maximum absolute atomic E-state index is 6.91. The molecule has 0 fully saturated rings. The third kappa shape index (κ3) is 33.4. The van der Waals surface area contributed by atoms with Crippen LogP contribution in [0.25, 0.3) is 0 Å². The van der Waals surface area contributed by atoms with Gasteiger partial charge in [-0.2, -0.15) is 0 Å². The highest BCUT2D eigenvalue weighted by Gasteiger charge is 2.53. The van der Waals surface area contributed by atoms with Crippen molar-refractivity contribution in [2.24, 2.45) is 0 Å². The molecule has 0 aromatic carbocycles. The minimum absolute atomic E-state index is 0.610. The first-order chi connectivity index (χ1) is 30.1. The Hall–Kier alpha value is 3.01. The van der Waals surface area contributed by atoms with E-state index >= 15 is 0 Å². The summed E-state index contributed by atoms with van der Waals surface area (Å²) in [5, 5.41) is 0. The normalized spacial score (nSPS) is 15.9. The number of rotatable bonds is 34. The third-order valence-electron chi connectivity index (χ3n) is 8.39. The van der Waals surface area contributed by atoms with Crippen LogP contribution in [0.15, 0.2) is 0 Å². The van der Waals surface area contributed by atoms with E-state index in [-0.39, 0.29) is 0 Å². The molecule has 0 unspecified atom stereocenters. The lowest BCUT2D eigenvalue weighted by molar-refractivity contribution is 0.230. The van der Waals surface area contributed by atoms with Crippen LogP contribution in [0.5, 0.6) is 0 Å². The summed E-state index contributed by atoms with van der Waals surface area (Å²) in [6, 6.07) is 0. The van der Waals surface area contributed by atoms with Crippen molar-refractivity contribution in [2.75, 3.05) is 6.61 Å². The van der Waals surface area contributed by atoms with E-state index < -0.39 is 146 Å². The standard InChI is InChI=1S/C36H108O17Si17/c1-36-37-55(4,5)39-57(8,9)41-59(12,13)43-61(16,17)45-63(20,21)47-65(24,25)49-67(28,29)51-69(32,33)53-70(34,35)52-68(30,31)50-66(26,27)48-64(22,23)46-62(18,19)44-60(14,15)42-58(10,11)40-56(6,7)38-54(2)3/h54H,36H2,1-35H3. The number of hydrogen-bond donors (Lipinski definition) is 0. The van der Waals surface area contributed by atoms with Crippen molar-refractivity contribution in [1.82, 2.24) is 0 Å². The van der Waals surface area contributed by atoms with Gasteiger partial charge in [0.2, 0.25) is 0 Å². The molecule has 0 heterocycles. The van der Waals surface area contributed by atoms with Gasteiger partial charge in [-0.3, -0.25) is 0 Å². The molecule has 0 N–H and O–H groups in total. The SMILES string of the molecule is CCO[Si](C)(C)O[Si](C)(C)O[Si](C)(C)O[Si](C)(C)O[Si](C)(C)O[Si](C)(C)O[Si](C)(C)O[Si](C)(C)O[Si](C)(C)O[Si](C)(C)O[Si](C)(C)O[Si](C)(C)O[Si](C)(C)O[Si](C)(C)O[Si](C)(C)O[Si](C)(C)O[SiH](C)C. The first-order valence-corrected chi connectivity index (χ1v) is 72.8. The Labute approximate surface area is 449 Å². The zero-order chi connectivity index (χ0) is 56.3. The Bertz CT molecular complexity index is 1650. The lowest BCUT2D eigenvalue weighted by Crippen LogP contribution is -2.63. The molecule has 0 spiro atoms. The zero-order valence-corrected chi connectivity index (χ0v) is 68.4. The third-order valence-corrected chi connectivity index (χ3v) is 72.5. The van der Waals surface area contributed by atoms with Gasteiger partial charge < -0.3 is 70.3 Å². The van der Waals surface area contributed by atoms with E-state index in [2.05, 4.69) is 223 Å². The number of hydrogen-bond acceptors (Lipinski definition) is 17. The van der Waals surface area contributed by atoms with E-state index in [0.29, 0.717) is 6.61 Å². The fraction of sp³-hybridized carbons (Fsp3) is 1.00. The predicted octanol–water partition coefficient (Wildman–Crippen LogP) is 12.5. The summed E-state index contributed by atoms with van der Waals surface area (Å²) < 4.78 is 114. The largest absolute Gasteiger partial charge is 0.440 e. The van der Waals surface area contributed by atoms with E-state index in [4.69, 9.17) is 70.3 Å². The molecule has 34 heteroatoms. The quantitative estimate of drug-likeness (QED) is 0.0560. The highest BCUT2D eigenvalue weighted by atomic mass is 28.5. The van der Waals surface area contributed by atoms with Crippen LogP contribution in [0.2, 0.25) is 223 Å². The Morgan fingerprint density at radius 3 is 0.429 bits per heavy atom. The molecule has 17 nitrogen and oxygen atoms in total. The molecule has 0 aliphatic heterocycles. The highest BCUT2D eigenvalue weighted by molar-refractivity contribution is 6.95. The van der Waals surface area contributed by atoms with Gasteiger partial charge in [0.05, 0.1) is 0 Å². The molecular weight excluding hydrogens is 1180 g/mol. The van der Waals surface area contributed by atoms with Crippen molar-refractivity contribution >= 4 is 146 Å². The van der Waals surface area contributed by atoms with Crippen LogP contribution in [0.4, 0.5) is 0 Å². The molecule has 0 atom stereocenters. The maximum Gasteiger partial charge on any atom is 0.322 e. The summed E-state index contributed by atoms with van der Waals surface area (Å²) in [4.78, 5) is 0. The molecule has 0 amide bonds. The summed E-state index contributed by atoms with van der Waals surface area (Å²) in [5.74, 6) is 0. The highest BCUT2D eigenvalue weighted by Crippen LogP contribution is 2.33. The first kappa shape index (κ1) is 73.0. The zero-order valence-electron chi connectivity index (χ0n) is 51.2. The average molecular weight is 1290 g/mol. The fourth-order valence-electron chi connectivity index (χ4n) is 10.1. The van der Waals surface area contributed by atoms with Crippen molar-refractivity contribution in [3.63, 3.8) is 0 Å². The summed E-state index contributed by atoms with van der Waals surface area (Å²) in [5.41, 5.74) is 0. The first-order valence-electron chi connectivity index (χ1n) is 24.9. The van der Waals surface area contributed by atoms with Crippen LogP contribution in [0, 0.1) is 0 Å². The van der Waals surface area contributed by atoms with E-state index in [1.165, 1.54) is 0 Å². The molecule has 0 rings (SSSR count). The molecule has 0 aliphatic carbocycles. The molecule has 70 heavy (non-hydrogen) atoms. The minimum Gasteiger partial charge on any atom is -0.440 e. The topological polar surface area (TPSA) is 157 Å². The molecule has 0 saturated heterocycles. The molecule has 0 aromatic heterocycles. The molecule has 0 saturated carbocycles. The second-order valence-corrected chi connectivity index (χ2v) is 85.9. The van der Waals surface area contributed by atoms with E-state index in [1.807, 2.05) is 6.92 Å². The fourth-order valence-corrected chi connectivity index (χ4v) is 94.9. The van der Waals surface area contributed by atoms with Gasteiger partial charge in [0.15, 0.2) is 9.04 Å². The molecule has 0 aliphatic rings. The molecule has 0 aromatic rings. The summed E-state index contributed by atoms with van der Waals surface area (Å²) >= 11 is 0. The van der Waals surface area contributed by atoms with Gasteiger partial charge in [-0.25, -0.2) is 0 Å². The average Bonchev–Trinajstić information content (AvgIpc) is 2.84. The van der Waals surface area contributed by atoms with Crippen LogP contribution >= 0.6 is 0 Å². The van der Waals surface area contributed by atoms with Gasteiger partial charge >= 0.3 is 137 Å². The molecular formula is C36H108O17Si17. The lowest BCUT2D eigenvalue weighted by Gasteiger charge is -2.45. The van der Waals surface area contributed by atoms with Crippen molar-refractivity contribution in [3.05, 3.63) is 0 Å². The second kappa shape index (κ2) is 25.2. The van der Waals surface area contributed by atoms with Gasteiger partial charge in [-0.05, 0) is 230 Å². The van der Waals surface area contributed by atoms with Gasteiger partial charge in [-0.1, -0.05) is 0 Å². The van der Waals surface area contributed by atoms with Gasteiger partial charge in [0.1, 0.15) is 0 Å². The smallest absolute Gasteiger partial charge is 0.322 e. The Morgan fingerprint density at radius 2 is 0.314 bits per heavy atom. The Morgan fingerprint density at radius 1 is 0.200 bits per heavy atom. The summed E-state index contributed by atoms with van der Waals surface area (Å²) in [6.07, 6.45) is 0. The minimum atomic E-state index is -2.82. The summed E-state index contributed by atoms with van der Waals surface area (Å²) in [6.45, 7) is 72.9. The van der Waals surface area contributed by atoms with Crippen LogP contribution < -0.4 is 0 Å². The van der Waals surface area contributed by atoms with Gasteiger partial charge in [0.25, 0.3) is 0 Å². The van der Waals surface area contributed by atoms with E-state index in [0.717, 1.165) is 0 Å². The van der Waals surface area contributed by atoms with E-state index in [1.54, 1.807) is 0 Å². The second-order valence-electron chi connectivity index (χ2n) is 25.5. The van der Waals surface area contributed by atoms with Crippen molar-refractivity contribution in [1.29, 1.82) is 0 Å². The monoisotopic (exact) mass is 1290 g/mol. The Kier molecular flexibility index (Phi) is 26.3. The van der Waals surface area contributed by atoms with Crippen LogP contribution in [-0.2, 0) is 70.3 Å². The van der Waals surface area contributed by atoms with E-state index in [9.17, 15) is 0 Å². The molecule has 422 valence electrons. The predicted molar refractivity (Wildman–Crippen MR) is 328 cm³/mol. The van der Waals surface area contributed by atoms with Crippen molar-refractivity contribution in [3.8, 4) is 0 Å². The lowest BCUT2D eigenvalue weighted by atomic mass is 10.9. The van der Waals surface area contributed by atoms with Crippen LogP contribution in [-0.4, -0.2) is 153 Å². The van der Waals surface area contributed by atoms with Crippen LogP contribution in [0.1, 0.15) is 6.92 Å². The molecule has 0 radical (unpaired) electrons.